The van der Waals surface area contributed by atoms with Gasteiger partial charge < -0.3 is 9.42 Å². The van der Waals surface area contributed by atoms with Crippen LogP contribution in [0.15, 0.2) is 72.8 Å². The lowest BCUT2D eigenvalue weighted by Crippen LogP contribution is -2.11. The Balaban J connectivity index is 1.83. The predicted octanol–water partition coefficient (Wildman–Crippen LogP) is 5.15. The number of aryl methyl sites for hydroxylation is 2. The fourth-order valence-electron chi connectivity index (χ4n) is 2.87. The van der Waals surface area contributed by atoms with Crippen LogP contribution in [0.2, 0.25) is 0 Å². The number of hydrogen-bond donors (Lipinski definition) is 1. The van der Waals surface area contributed by atoms with E-state index in [1.807, 2.05) is 30.3 Å². The first-order valence-electron chi connectivity index (χ1n) is 8.63. The Labute approximate surface area is 163 Å². The Morgan fingerprint density at radius 3 is 2.07 bits per heavy atom. The van der Waals surface area contributed by atoms with Gasteiger partial charge in [-0.15, -0.1) is 0 Å². The maximum atomic E-state index is 12.4. The lowest BCUT2D eigenvalue weighted by atomic mass is 10.00. The summed E-state index contributed by atoms with van der Waals surface area (Å²) < 4.78 is 17.2. The minimum atomic E-state index is -4.83. The molecule has 28 heavy (non-hydrogen) atoms. The minimum absolute atomic E-state index is 0.0530. The SMILES string of the molecule is Cc1cc(-c2ccccc2)ccc1C(=O)OP(=O)(O)C(=O)c1ccccc1C. The molecule has 0 bridgehead atoms. The van der Waals surface area contributed by atoms with Crippen LogP contribution in [0.4, 0.5) is 0 Å². The molecule has 1 atom stereocenters. The molecule has 0 saturated carbocycles. The molecule has 0 aliphatic carbocycles. The van der Waals surface area contributed by atoms with Crippen molar-refractivity contribution < 1.29 is 23.6 Å². The highest BCUT2D eigenvalue weighted by molar-refractivity contribution is 7.72. The fraction of sp³-hybridized carbons (Fsp3) is 0.0909. The maximum absolute atomic E-state index is 12.4. The summed E-state index contributed by atoms with van der Waals surface area (Å²) in [5.74, 6) is -1.01. The Morgan fingerprint density at radius 1 is 0.786 bits per heavy atom. The summed E-state index contributed by atoms with van der Waals surface area (Å²) in [4.78, 5) is 34.9. The van der Waals surface area contributed by atoms with Crippen molar-refractivity contribution in [2.75, 3.05) is 0 Å². The van der Waals surface area contributed by atoms with Crippen LogP contribution in [-0.2, 0) is 9.09 Å². The molecule has 0 spiro atoms. The summed E-state index contributed by atoms with van der Waals surface area (Å²) >= 11 is 0. The third-order valence-corrected chi connectivity index (χ3v) is 5.56. The van der Waals surface area contributed by atoms with Crippen LogP contribution in [0.3, 0.4) is 0 Å². The van der Waals surface area contributed by atoms with Gasteiger partial charge in [0.1, 0.15) is 0 Å². The second-order valence-electron chi connectivity index (χ2n) is 6.41. The molecule has 0 aromatic heterocycles. The van der Waals surface area contributed by atoms with Crippen molar-refractivity contribution >= 4 is 19.1 Å². The first-order valence-corrected chi connectivity index (χ1v) is 10.2. The van der Waals surface area contributed by atoms with Crippen molar-refractivity contribution in [2.45, 2.75) is 13.8 Å². The molecule has 1 N–H and O–H groups in total. The summed E-state index contributed by atoms with van der Waals surface area (Å²) in [7, 11) is -4.83. The van der Waals surface area contributed by atoms with Crippen LogP contribution in [0, 0.1) is 13.8 Å². The maximum Gasteiger partial charge on any atom is 0.451 e. The lowest BCUT2D eigenvalue weighted by Gasteiger charge is -2.13. The van der Waals surface area contributed by atoms with Gasteiger partial charge in [0.25, 0.3) is 5.52 Å². The lowest BCUT2D eigenvalue weighted by molar-refractivity contribution is 0.0699. The highest BCUT2D eigenvalue weighted by Crippen LogP contribution is 2.47. The molecule has 0 amide bonds. The van der Waals surface area contributed by atoms with Crippen LogP contribution in [0.1, 0.15) is 31.8 Å². The smallest absolute Gasteiger partial charge is 0.383 e. The number of carbonyl (C=O) groups is 2. The second kappa shape index (κ2) is 7.93. The van der Waals surface area contributed by atoms with E-state index >= 15 is 0 Å². The zero-order valence-corrected chi connectivity index (χ0v) is 16.4. The molecule has 0 radical (unpaired) electrons. The van der Waals surface area contributed by atoms with Gasteiger partial charge in [-0.05, 0) is 42.2 Å². The molecule has 142 valence electrons. The molecule has 0 saturated heterocycles. The standard InChI is InChI=1S/C22H19O5P/c1-15-8-6-7-11-20(15)22(24)28(25,26)27-21(23)19-13-12-18(14-16(19)2)17-9-4-3-5-10-17/h3-14H,1-2H3,(H,25,26). The van der Waals surface area contributed by atoms with Crippen LogP contribution in [0.25, 0.3) is 11.1 Å². The molecule has 1 unspecified atom stereocenters. The second-order valence-corrected chi connectivity index (χ2v) is 8.04. The molecule has 5 nitrogen and oxygen atoms in total. The molecule has 0 aliphatic rings. The summed E-state index contributed by atoms with van der Waals surface area (Å²) in [6, 6.07) is 21.0. The van der Waals surface area contributed by atoms with Gasteiger partial charge in [0.2, 0.25) is 0 Å². The molecule has 3 aromatic carbocycles. The Kier molecular flexibility index (Phi) is 5.59. The zero-order valence-electron chi connectivity index (χ0n) is 15.5. The van der Waals surface area contributed by atoms with E-state index in [-0.39, 0.29) is 11.1 Å². The van der Waals surface area contributed by atoms with Crippen LogP contribution in [-0.4, -0.2) is 16.4 Å². The molecule has 0 fully saturated rings. The summed E-state index contributed by atoms with van der Waals surface area (Å²) in [5.41, 5.74) is 2.07. The zero-order chi connectivity index (χ0) is 20.3. The third kappa shape index (κ3) is 4.11. The number of rotatable bonds is 5. The first kappa shape index (κ1) is 19.7. The van der Waals surface area contributed by atoms with E-state index in [9.17, 15) is 19.0 Å². The third-order valence-electron chi connectivity index (χ3n) is 4.39. The Bertz CT molecular complexity index is 1090. The molecule has 0 heterocycles. The molecular formula is C22H19O5P. The highest BCUT2D eigenvalue weighted by atomic mass is 31.2. The van der Waals surface area contributed by atoms with Crippen molar-refractivity contribution in [1.82, 2.24) is 0 Å². The quantitative estimate of drug-likeness (QED) is 0.605. The number of hydrogen-bond acceptors (Lipinski definition) is 4. The van der Waals surface area contributed by atoms with Gasteiger partial charge in [-0.2, -0.15) is 0 Å². The van der Waals surface area contributed by atoms with Crippen LogP contribution < -0.4 is 0 Å². The van der Waals surface area contributed by atoms with Crippen molar-refractivity contribution in [2.24, 2.45) is 0 Å². The van der Waals surface area contributed by atoms with E-state index in [1.165, 1.54) is 12.1 Å². The molecule has 0 aliphatic heterocycles. The van der Waals surface area contributed by atoms with Crippen molar-refractivity contribution in [1.29, 1.82) is 0 Å². The van der Waals surface area contributed by atoms with E-state index < -0.39 is 19.1 Å². The average Bonchev–Trinajstić information content (AvgIpc) is 2.68. The van der Waals surface area contributed by atoms with Crippen LogP contribution >= 0.6 is 7.60 Å². The predicted molar refractivity (Wildman–Crippen MR) is 107 cm³/mol. The van der Waals surface area contributed by atoms with E-state index in [0.29, 0.717) is 11.1 Å². The molecule has 3 rings (SSSR count). The van der Waals surface area contributed by atoms with Gasteiger partial charge in [0, 0.05) is 5.56 Å². The van der Waals surface area contributed by atoms with Crippen molar-refractivity contribution in [3.05, 3.63) is 95.1 Å². The first-order chi connectivity index (χ1) is 13.3. The average molecular weight is 394 g/mol. The summed E-state index contributed by atoms with van der Waals surface area (Å²) in [5, 5.41) is 0. The van der Waals surface area contributed by atoms with E-state index in [0.717, 1.165) is 11.1 Å². The van der Waals surface area contributed by atoms with E-state index in [1.54, 1.807) is 44.2 Å². The van der Waals surface area contributed by atoms with Gasteiger partial charge in [-0.3, -0.25) is 4.79 Å². The van der Waals surface area contributed by atoms with Gasteiger partial charge >= 0.3 is 13.6 Å². The van der Waals surface area contributed by atoms with Gasteiger partial charge in [-0.25, -0.2) is 9.36 Å². The summed E-state index contributed by atoms with van der Waals surface area (Å²) in [6.07, 6.45) is 0. The number of benzene rings is 3. The Hall–Kier alpha value is -3.01. The highest BCUT2D eigenvalue weighted by Gasteiger charge is 2.36. The monoisotopic (exact) mass is 394 g/mol. The van der Waals surface area contributed by atoms with E-state index in [4.69, 9.17) is 4.52 Å². The van der Waals surface area contributed by atoms with Gasteiger partial charge in [-0.1, -0.05) is 66.7 Å². The van der Waals surface area contributed by atoms with Crippen LogP contribution in [0.5, 0.6) is 0 Å². The molecule has 6 heteroatoms. The van der Waals surface area contributed by atoms with Crippen molar-refractivity contribution in [3.63, 3.8) is 0 Å². The van der Waals surface area contributed by atoms with E-state index in [2.05, 4.69) is 0 Å². The van der Waals surface area contributed by atoms with Gasteiger partial charge in [0.05, 0.1) is 5.56 Å². The Morgan fingerprint density at radius 2 is 1.43 bits per heavy atom. The number of carbonyl (C=O) groups excluding carboxylic acids is 2. The van der Waals surface area contributed by atoms with Gasteiger partial charge in [0.15, 0.2) is 0 Å². The van der Waals surface area contributed by atoms with Crippen molar-refractivity contribution in [3.8, 4) is 11.1 Å². The molecule has 3 aromatic rings. The largest absolute Gasteiger partial charge is 0.451 e. The normalized spacial score (nSPS) is 12.8. The molecular weight excluding hydrogens is 375 g/mol. The minimum Gasteiger partial charge on any atom is -0.383 e. The summed E-state index contributed by atoms with van der Waals surface area (Å²) in [6.45, 7) is 3.34. The fourth-order valence-corrected chi connectivity index (χ4v) is 3.83. The topological polar surface area (TPSA) is 80.7 Å².